The van der Waals surface area contributed by atoms with Gasteiger partial charge in [0.05, 0.1) is 12.3 Å². The number of nitrogens with zero attached hydrogens (tertiary/aromatic N) is 1. The Balaban J connectivity index is 1.99. The van der Waals surface area contributed by atoms with Crippen molar-refractivity contribution >= 4 is 5.69 Å². The smallest absolute Gasteiger partial charge is 0.145 e. The van der Waals surface area contributed by atoms with Gasteiger partial charge < -0.3 is 10.5 Å². The van der Waals surface area contributed by atoms with Crippen molar-refractivity contribution in [2.75, 3.05) is 12.3 Å². The molecular formula is C15H18N2O. The molecule has 0 bridgehead atoms. The molecule has 1 aromatic heterocycles. The van der Waals surface area contributed by atoms with Gasteiger partial charge in [-0.25, -0.2) is 0 Å². The normalized spacial score (nSPS) is 10.3. The minimum absolute atomic E-state index is 0.623. The van der Waals surface area contributed by atoms with Gasteiger partial charge in [0.2, 0.25) is 0 Å². The summed E-state index contributed by atoms with van der Waals surface area (Å²) < 4.78 is 5.78. The minimum atomic E-state index is 0.623. The predicted octanol–water partition coefficient (Wildman–Crippen LogP) is 2.90. The highest BCUT2D eigenvalue weighted by molar-refractivity contribution is 5.58. The highest BCUT2D eigenvalue weighted by Crippen LogP contribution is 2.27. The molecule has 1 aromatic carbocycles. The fourth-order valence-electron chi connectivity index (χ4n) is 2.00. The SMILES string of the molecule is Cc1cc(C)c(OCCc2ccncc2)c(N)c1. The summed E-state index contributed by atoms with van der Waals surface area (Å²) >= 11 is 0. The molecule has 2 rings (SSSR count). The lowest BCUT2D eigenvalue weighted by atomic mass is 10.1. The average Bonchev–Trinajstić information content (AvgIpc) is 2.34. The average molecular weight is 242 g/mol. The molecule has 0 aliphatic rings. The van der Waals surface area contributed by atoms with Gasteiger partial charge in [-0.15, -0.1) is 0 Å². The maximum atomic E-state index is 5.97. The number of nitrogens with two attached hydrogens (primary N) is 1. The van der Waals surface area contributed by atoms with Gasteiger partial charge >= 0.3 is 0 Å². The highest BCUT2D eigenvalue weighted by Gasteiger charge is 2.05. The second kappa shape index (κ2) is 5.54. The zero-order valence-corrected chi connectivity index (χ0v) is 10.8. The van der Waals surface area contributed by atoms with E-state index >= 15 is 0 Å². The van der Waals surface area contributed by atoms with Crippen molar-refractivity contribution in [2.45, 2.75) is 20.3 Å². The van der Waals surface area contributed by atoms with E-state index in [1.54, 1.807) is 12.4 Å². The summed E-state index contributed by atoms with van der Waals surface area (Å²) in [7, 11) is 0. The number of hydrogen-bond donors (Lipinski definition) is 1. The zero-order valence-electron chi connectivity index (χ0n) is 10.8. The first kappa shape index (κ1) is 12.4. The molecule has 18 heavy (non-hydrogen) atoms. The number of aromatic nitrogens is 1. The van der Waals surface area contributed by atoms with Crippen LogP contribution in [0.1, 0.15) is 16.7 Å². The molecule has 0 saturated carbocycles. The summed E-state index contributed by atoms with van der Waals surface area (Å²) in [5, 5.41) is 0. The van der Waals surface area contributed by atoms with Crippen LogP contribution in [0, 0.1) is 13.8 Å². The van der Waals surface area contributed by atoms with Gasteiger partial charge in [-0.05, 0) is 48.7 Å². The summed E-state index contributed by atoms with van der Waals surface area (Å²) in [4.78, 5) is 3.99. The van der Waals surface area contributed by atoms with Crippen molar-refractivity contribution < 1.29 is 4.74 Å². The maximum absolute atomic E-state index is 5.97. The number of hydrogen-bond acceptors (Lipinski definition) is 3. The molecule has 0 amide bonds. The van der Waals surface area contributed by atoms with Crippen LogP contribution in [0.4, 0.5) is 5.69 Å². The number of anilines is 1. The summed E-state index contributed by atoms with van der Waals surface area (Å²) in [5.41, 5.74) is 10.1. The number of rotatable bonds is 4. The molecule has 3 heteroatoms. The van der Waals surface area contributed by atoms with Crippen LogP contribution < -0.4 is 10.5 Å². The van der Waals surface area contributed by atoms with Crippen LogP contribution in [0.3, 0.4) is 0 Å². The number of pyridine rings is 1. The van der Waals surface area contributed by atoms with E-state index in [1.807, 2.05) is 32.0 Å². The molecular weight excluding hydrogens is 224 g/mol. The second-order valence-corrected chi connectivity index (χ2v) is 4.45. The lowest BCUT2D eigenvalue weighted by Crippen LogP contribution is -2.05. The third-order valence-electron chi connectivity index (χ3n) is 2.83. The first-order chi connectivity index (χ1) is 8.66. The zero-order chi connectivity index (χ0) is 13.0. The maximum Gasteiger partial charge on any atom is 0.145 e. The molecule has 0 fully saturated rings. The Morgan fingerprint density at radius 1 is 1.17 bits per heavy atom. The summed E-state index contributed by atoms with van der Waals surface area (Å²) in [6, 6.07) is 8.01. The standard InChI is InChI=1S/C15H18N2O/c1-11-9-12(2)15(14(16)10-11)18-8-5-13-3-6-17-7-4-13/h3-4,6-7,9-10H,5,8,16H2,1-2H3. The van der Waals surface area contributed by atoms with Crippen LogP contribution >= 0.6 is 0 Å². The van der Waals surface area contributed by atoms with E-state index in [-0.39, 0.29) is 0 Å². The number of benzene rings is 1. The number of ether oxygens (including phenoxy) is 1. The molecule has 0 aliphatic heterocycles. The van der Waals surface area contributed by atoms with E-state index in [1.165, 1.54) is 5.56 Å². The Morgan fingerprint density at radius 3 is 2.56 bits per heavy atom. The van der Waals surface area contributed by atoms with Crippen LogP contribution in [-0.4, -0.2) is 11.6 Å². The van der Waals surface area contributed by atoms with Crippen LogP contribution in [-0.2, 0) is 6.42 Å². The predicted molar refractivity (Wildman–Crippen MR) is 73.8 cm³/mol. The van der Waals surface area contributed by atoms with E-state index in [4.69, 9.17) is 10.5 Å². The highest BCUT2D eigenvalue weighted by atomic mass is 16.5. The van der Waals surface area contributed by atoms with Crippen LogP contribution in [0.25, 0.3) is 0 Å². The molecule has 0 saturated heterocycles. The van der Waals surface area contributed by atoms with E-state index in [0.29, 0.717) is 12.3 Å². The molecule has 94 valence electrons. The van der Waals surface area contributed by atoms with Crippen molar-refractivity contribution in [3.63, 3.8) is 0 Å². The molecule has 1 heterocycles. The Morgan fingerprint density at radius 2 is 1.89 bits per heavy atom. The van der Waals surface area contributed by atoms with Gasteiger partial charge in [-0.2, -0.15) is 0 Å². The fourth-order valence-corrected chi connectivity index (χ4v) is 2.00. The minimum Gasteiger partial charge on any atom is -0.491 e. The van der Waals surface area contributed by atoms with E-state index in [0.717, 1.165) is 23.3 Å². The van der Waals surface area contributed by atoms with Gasteiger partial charge in [0.1, 0.15) is 5.75 Å². The van der Waals surface area contributed by atoms with Gasteiger partial charge in [-0.1, -0.05) is 6.07 Å². The Labute approximate surface area is 108 Å². The van der Waals surface area contributed by atoms with Gasteiger partial charge in [0, 0.05) is 18.8 Å². The van der Waals surface area contributed by atoms with Crippen molar-refractivity contribution in [1.29, 1.82) is 0 Å². The molecule has 2 aromatic rings. The van der Waals surface area contributed by atoms with Crippen LogP contribution in [0.2, 0.25) is 0 Å². The molecule has 0 aliphatic carbocycles. The Bertz CT molecular complexity index is 500. The topological polar surface area (TPSA) is 48.1 Å². The largest absolute Gasteiger partial charge is 0.491 e. The quantitative estimate of drug-likeness (QED) is 0.839. The Hall–Kier alpha value is -2.03. The first-order valence-electron chi connectivity index (χ1n) is 6.05. The summed E-state index contributed by atoms with van der Waals surface area (Å²) in [5.74, 6) is 0.801. The van der Waals surface area contributed by atoms with E-state index in [2.05, 4.69) is 11.1 Å². The molecule has 0 atom stereocenters. The Kier molecular flexibility index (Phi) is 3.82. The van der Waals surface area contributed by atoms with Crippen molar-refractivity contribution in [3.8, 4) is 5.75 Å². The fraction of sp³-hybridized carbons (Fsp3) is 0.267. The van der Waals surface area contributed by atoms with E-state index < -0.39 is 0 Å². The van der Waals surface area contributed by atoms with Crippen LogP contribution in [0.5, 0.6) is 5.75 Å². The number of nitrogen functional groups attached to an aromatic ring is 1. The van der Waals surface area contributed by atoms with Gasteiger partial charge in [0.15, 0.2) is 0 Å². The molecule has 0 radical (unpaired) electrons. The molecule has 0 unspecified atom stereocenters. The summed E-state index contributed by atoms with van der Waals surface area (Å²) in [6.07, 6.45) is 4.44. The summed E-state index contributed by atoms with van der Waals surface area (Å²) in [6.45, 7) is 4.67. The number of aryl methyl sites for hydroxylation is 2. The van der Waals surface area contributed by atoms with Crippen molar-refractivity contribution in [2.24, 2.45) is 0 Å². The third kappa shape index (κ3) is 3.00. The first-order valence-corrected chi connectivity index (χ1v) is 6.05. The van der Waals surface area contributed by atoms with Crippen molar-refractivity contribution in [3.05, 3.63) is 53.3 Å². The molecule has 3 nitrogen and oxygen atoms in total. The van der Waals surface area contributed by atoms with Crippen molar-refractivity contribution in [1.82, 2.24) is 4.98 Å². The third-order valence-corrected chi connectivity index (χ3v) is 2.83. The van der Waals surface area contributed by atoms with Gasteiger partial charge in [0.25, 0.3) is 0 Å². The monoisotopic (exact) mass is 242 g/mol. The lowest BCUT2D eigenvalue weighted by Gasteiger charge is -2.12. The molecule has 0 spiro atoms. The van der Waals surface area contributed by atoms with Gasteiger partial charge in [-0.3, -0.25) is 4.98 Å². The van der Waals surface area contributed by atoms with E-state index in [9.17, 15) is 0 Å². The molecule has 2 N–H and O–H groups in total. The lowest BCUT2D eigenvalue weighted by molar-refractivity contribution is 0.321. The second-order valence-electron chi connectivity index (χ2n) is 4.45. The van der Waals surface area contributed by atoms with Crippen LogP contribution in [0.15, 0.2) is 36.7 Å².